The molecule has 3 rings (SSSR count). The minimum absolute atomic E-state index is 0.0991. The Labute approximate surface area is 184 Å². The topological polar surface area (TPSA) is 143 Å². The Bertz CT molecular complexity index is 1030. The SMILES string of the molecule is CCCOC(=O)c1[nH]c(CNc2ncc[nH]2)c(-c2ccc(CO)c(CO)c2CO)c1Cl. The van der Waals surface area contributed by atoms with Crippen molar-refractivity contribution >= 4 is 23.5 Å². The van der Waals surface area contributed by atoms with Gasteiger partial charge in [-0.25, -0.2) is 9.78 Å². The number of halogens is 1. The number of ether oxygens (including phenoxy) is 1. The van der Waals surface area contributed by atoms with Gasteiger partial charge in [0.1, 0.15) is 5.69 Å². The van der Waals surface area contributed by atoms with Gasteiger partial charge in [-0.05, 0) is 28.7 Å². The van der Waals surface area contributed by atoms with E-state index in [9.17, 15) is 20.1 Å². The highest BCUT2D eigenvalue weighted by Crippen LogP contribution is 2.39. The third-order valence-electron chi connectivity index (χ3n) is 4.87. The molecule has 0 saturated heterocycles. The third kappa shape index (κ3) is 4.75. The predicted octanol–water partition coefficient (Wildman–Crippen LogP) is 2.71. The average molecular weight is 449 g/mol. The monoisotopic (exact) mass is 448 g/mol. The molecule has 0 amide bonds. The van der Waals surface area contributed by atoms with Gasteiger partial charge in [0.2, 0.25) is 0 Å². The number of rotatable bonds is 10. The van der Waals surface area contributed by atoms with Gasteiger partial charge >= 0.3 is 5.97 Å². The maximum Gasteiger partial charge on any atom is 0.356 e. The van der Waals surface area contributed by atoms with E-state index in [0.717, 1.165) is 0 Å². The lowest BCUT2D eigenvalue weighted by molar-refractivity contribution is 0.0499. The predicted molar refractivity (Wildman–Crippen MR) is 115 cm³/mol. The van der Waals surface area contributed by atoms with Crippen LogP contribution in [0.2, 0.25) is 5.02 Å². The molecule has 0 radical (unpaired) electrons. The Kier molecular flexibility index (Phi) is 7.69. The first-order valence-electron chi connectivity index (χ1n) is 9.82. The molecule has 0 aliphatic heterocycles. The first-order chi connectivity index (χ1) is 15.0. The molecule has 0 spiro atoms. The van der Waals surface area contributed by atoms with Crippen LogP contribution in [0.5, 0.6) is 0 Å². The molecule has 6 N–H and O–H groups in total. The number of aliphatic hydroxyl groups excluding tert-OH is 3. The summed E-state index contributed by atoms with van der Waals surface area (Å²) in [4.78, 5) is 22.6. The van der Waals surface area contributed by atoms with Crippen molar-refractivity contribution in [1.29, 1.82) is 0 Å². The second kappa shape index (κ2) is 10.5. The van der Waals surface area contributed by atoms with Crippen LogP contribution in [0, 0.1) is 0 Å². The Hall–Kier alpha value is -2.85. The van der Waals surface area contributed by atoms with E-state index < -0.39 is 5.97 Å². The van der Waals surface area contributed by atoms with Crippen molar-refractivity contribution in [1.82, 2.24) is 15.0 Å². The second-order valence-electron chi connectivity index (χ2n) is 6.80. The molecule has 0 bridgehead atoms. The zero-order valence-corrected chi connectivity index (χ0v) is 17.8. The van der Waals surface area contributed by atoms with E-state index >= 15 is 0 Å². The Morgan fingerprint density at radius 2 is 1.97 bits per heavy atom. The largest absolute Gasteiger partial charge is 0.461 e. The fraction of sp³-hybridized carbons (Fsp3) is 0.333. The number of benzene rings is 1. The number of imidazole rings is 1. The van der Waals surface area contributed by atoms with E-state index in [1.807, 2.05) is 6.92 Å². The van der Waals surface area contributed by atoms with Crippen molar-refractivity contribution in [3.05, 3.63) is 57.6 Å². The summed E-state index contributed by atoms with van der Waals surface area (Å²) < 4.78 is 5.23. The number of hydrogen-bond donors (Lipinski definition) is 6. The zero-order valence-electron chi connectivity index (χ0n) is 17.0. The van der Waals surface area contributed by atoms with Crippen LogP contribution in [0.1, 0.15) is 46.2 Å². The first-order valence-corrected chi connectivity index (χ1v) is 10.2. The van der Waals surface area contributed by atoms with Gasteiger partial charge in [-0.3, -0.25) is 0 Å². The Morgan fingerprint density at radius 3 is 2.58 bits per heavy atom. The van der Waals surface area contributed by atoms with Crippen molar-refractivity contribution < 1.29 is 24.9 Å². The lowest BCUT2D eigenvalue weighted by Gasteiger charge is -2.16. The van der Waals surface area contributed by atoms with Crippen molar-refractivity contribution in [3.63, 3.8) is 0 Å². The molecular weight excluding hydrogens is 424 g/mol. The van der Waals surface area contributed by atoms with E-state index in [2.05, 4.69) is 20.3 Å². The molecule has 0 fully saturated rings. The highest BCUT2D eigenvalue weighted by atomic mass is 35.5. The standard InChI is InChI=1S/C21H25ClN4O5/c1-2-7-31-20(30)19-18(22)17(16(26-19)8-25-21-23-5-6-24-21)13-4-3-12(9-27)14(10-28)15(13)11-29/h3-6,26-29H,2,7-11H2,1H3,(H2,23,24,25). The number of hydrogen-bond acceptors (Lipinski definition) is 7. The minimum atomic E-state index is -0.586. The van der Waals surface area contributed by atoms with Crippen molar-refractivity contribution in [2.75, 3.05) is 11.9 Å². The van der Waals surface area contributed by atoms with Gasteiger partial charge in [-0.15, -0.1) is 0 Å². The first kappa shape index (κ1) is 22.8. The van der Waals surface area contributed by atoms with Gasteiger partial charge in [0.05, 0.1) is 38.0 Å². The minimum Gasteiger partial charge on any atom is -0.461 e. The van der Waals surface area contributed by atoms with Crippen LogP contribution >= 0.6 is 11.6 Å². The molecule has 2 heterocycles. The zero-order chi connectivity index (χ0) is 22.4. The lowest BCUT2D eigenvalue weighted by Crippen LogP contribution is -2.08. The van der Waals surface area contributed by atoms with Gasteiger partial charge in [0.25, 0.3) is 0 Å². The van der Waals surface area contributed by atoms with E-state index in [1.54, 1.807) is 24.5 Å². The van der Waals surface area contributed by atoms with Crippen LogP contribution in [-0.4, -0.2) is 42.8 Å². The number of aliphatic hydroxyl groups is 3. The summed E-state index contributed by atoms with van der Waals surface area (Å²) in [6, 6.07) is 3.35. The number of H-pyrrole nitrogens is 2. The smallest absolute Gasteiger partial charge is 0.356 e. The molecule has 0 aliphatic rings. The molecule has 31 heavy (non-hydrogen) atoms. The van der Waals surface area contributed by atoms with E-state index in [-0.39, 0.29) is 43.7 Å². The van der Waals surface area contributed by atoms with Crippen LogP contribution in [0.25, 0.3) is 11.1 Å². The Balaban J connectivity index is 2.13. The van der Waals surface area contributed by atoms with Crippen LogP contribution in [0.4, 0.5) is 5.95 Å². The number of anilines is 1. The molecule has 1 aromatic carbocycles. The number of nitrogens with zero attached hydrogens (tertiary/aromatic N) is 1. The summed E-state index contributed by atoms with van der Waals surface area (Å²) in [5.74, 6) is -0.0573. The average Bonchev–Trinajstić information content (AvgIpc) is 3.42. The molecule has 9 nitrogen and oxygen atoms in total. The quantitative estimate of drug-likeness (QED) is 0.262. The normalized spacial score (nSPS) is 11.0. The molecule has 0 atom stereocenters. The fourth-order valence-electron chi connectivity index (χ4n) is 3.38. The van der Waals surface area contributed by atoms with Crippen LogP contribution in [0.3, 0.4) is 0 Å². The highest BCUT2D eigenvalue weighted by molar-refractivity contribution is 6.36. The summed E-state index contributed by atoms with van der Waals surface area (Å²) >= 11 is 6.62. The van der Waals surface area contributed by atoms with Gasteiger partial charge < -0.3 is 35.3 Å². The molecule has 10 heteroatoms. The molecule has 0 saturated carbocycles. The highest BCUT2D eigenvalue weighted by Gasteiger charge is 2.26. The number of aromatic nitrogens is 3. The van der Waals surface area contributed by atoms with Gasteiger partial charge in [-0.2, -0.15) is 0 Å². The van der Waals surface area contributed by atoms with E-state index in [0.29, 0.717) is 45.9 Å². The Morgan fingerprint density at radius 1 is 1.19 bits per heavy atom. The van der Waals surface area contributed by atoms with Gasteiger partial charge in [0, 0.05) is 23.7 Å². The summed E-state index contributed by atoms with van der Waals surface area (Å²) in [6.07, 6.45) is 3.94. The van der Waals surface area contributed by atoms with E-state index in [1.165, 1.54) is 0 Å². The summed E-state index contributed by atoms with van der Waals surface area (Å²) in [6.45, 7) is 1.34. The third-order valence-corrected chi connectivity index (χ3v) is 5.25. The van der Waals surface area contributed by atoms with Crippen molar-refractivity contribution in [2.24, 2.45) is 0 Å². The molecule has 3 aromatic rings. The van der Waals surface area contributed by atoms with E-state index in [4.69, 9.17) is 16.3 Å². The van der Waals surface area contributed by atoms with Gasteiger partial charge in [-0.1, -0.05) is 30.7 Å². The number of nitrogens with one attached hydrogen (secondary N) is 3. The maximum absolute atomic E-state index is 12.5. The molecule has 2 aromatic heterocycles. The van der Waals surface area contributed by atoms with Crippen LogP contribution < -0.4 is 5.32 Å². The molecule has 0 unspecified atom stereocenters. The van der Waals surface area contributed by atoms with Crippen LogP contribution in [0.15, 0.2) is 24.5 Å². The lowest BCUT2D eigenvalue weighted by atomic mass is 9.92. The van der Waals surface area contributed by atoms with Gasteiger partial charge in [0.15, 0.2) is 5.95 Å². The maximum atomic E-state index is 12.5. The van der Waals surface area contributed by atoms with Crippen molar-refractivity contribution in [3.8, 4) is 11.1 Å². The number of aromatic amines is 2. The fourth-order valence-corrected chi connectivity index (χ4v) is 3.72. The second-order valence-corrected chi connectivity index (χ2v) is 7.18. The number of carbonyl (C=O) groups is 1. The summed E-state index contributed by atoms with van der Waals surface area (Å²) in [5.41, 5.74) is 3.03. The van der Waals surface area contributed by atoms with Crippen LogP contribution in [-0.2, 0) is 31.1 Å². The number of esters is 1. The molecule has 0 aliphatic carbocycles. The molecular formula is C21H25ClN4O5. The van der Waals surface area contributed by atoms with Crippen molar-refractivity contribution in [2.45, 2.75) is 39.7 Å². The summed E-state index contributed by atoms with van der Waals surface area (Å²) in [7, 11) is 0. The summed E-state index contributed by atoms with van der Waals surface area (Å²) in [5, 5.41) is 32.7. The number of carbonyl (C=O) groups excluding carboxylic acids is 1. The molecule has 166 valence electrons.